The second kappa shape index (κ2) is 15.7. The van der Waals surface area contributed by atoms with E-state index in [-0.39, 0.29) is 30.9 Å². The Morgan fingerprint density at radius 3 is 2.22 bits per heavy atom. The molecule has 0 atom stereocenters. The molecule has 45 heavy (non-hydrogen) atoms. The van der Waals surface area contributed by atoms with Gasteiger partial charge in [0.1, 0.15) is 18.2 Å². The monoisotopic (exact) mass is 671 g/mol. The number of hydrogen-bond donors (Lipinski definition) is 5. The normalized spacial score (nSPS) is 11.9. The van der Waals surface area contributed by atoms with E-state index in [4.69, 9.17) is 30.3 Å². The number of nitrogens with one attached hydrogen (secondary N) is 2. The number of ether oxygens (including phenoxy) is 1. The number of halogens is 8. The Kier molecular flexibility index (Phi) is 12.7. The van der Waals surface area contributed by atoms with Gasteiger partial charge in [-0.3, -0.25) is 4.57 Å². The van der Waals surface area contributed by atoms with Gasteiger partial charge in [0.25, 0.3) is 6.08 Å². The van der Waals surface area contributed by atoms with Gasteiger partial charge in [-0.05, 0) is 30.3 Å². The number of carboxylic acids is 2. The standard InChI is InChI=1S/C21H19F2N5O2S.2C2HF3O2/c22-20(23)14(11-24)10-19-26-27-21(29)28(19)12-16-5-4-15(31-16)3-1-13-2-6-18-17(9-13)25-7-8-30-18;2*3-2(4,5)1(6)7/h2,4-6,9,25H,7-8,10-12,24H2,(H,27,29);2*(H,6,7). The maximum absolute atomic E-state index is 12.9. The molecule has 0 radical (unpaired) electrons. The highest BCUT2D eigenvalue weighted by Gasteiger charge is 2.38. The molecule has 0 saturated heterocycles. The lowest BCUT2D eigenvalue weighted by Gasteiger charge is -2.18. The van der Waals surface area contributed by atoms with Crippen molar-refractivity contribution in [1.29, 1.82) is 0 Å². The minimum atomic E-state index is -5.08. The largest absolute Gasteiger partial charge is 0.490 e. The van der Waals surface area contributed by atoms with Crippen LogP contribution in [0.4, 0.5) is 40.8 Å². The number of aromatic nitrogens is 3. The van der Waals surface area contributed by atoms with E-state index in [1.807, 2.05) is 30.3 Å². The van der Waals surface area contributed by atoms with Crippen molar-refractivity contribution < 1.29 is 59.7 Å². The van der Waals surface area contributed by atoms with Gasteiger partial charge >= 0.3 is 30.0 Å². The Hall–Kier alpha value is -4.90. The molecule has 244 valence electrons. The third kappa shape index (κ3) is 11.6. The van der Waals surface area contributed by atoms with E-state index in [1.54, 1.807) is 0 Å². The van der Waals surface area contributed by atoms with Crippen LogP contribution in [-0.4, -0.2) is 69.0 Å². The fourth-order valence-corrected chi connectivity index (χ4v) is 3.94. The predicted octanol–water partition coefficient (Wildman–Crippen LogP) is 3.80. The lowest BCUT2D eigenvalue weighted by atomic mass is 10.1. The number of carboxylic acid groups (broad SMARTS) is 2. The van der Waals surface area contributed by atoms with Crippen LogP contribution in [0.3, 0.4) is 0 Å². The Bertz CT molecular complexity index is 1620. The van der Waals surface area contributed by atoms with Crippen LogP contribution in [0.5, 0.6) is 5.75 Å². The van der Waals surface area contributed by atoms with Crippen molar-refractivity contribution >= 4 is 29.0 Å². The molecule has 3 heterocycles. The van der Waals surface area contributed by atoms with E-state index in [0.29, 0.717) is 6.61 Å². The molecule has 0 bridgehead atoms. The first-order chi connectivity index (χ1) is 20.9. The lowest BCUT2D eigenvalue weighted by molar-refractivity contribution is -0.193. The van der Waals surface area contributed by atoms with Gasteiger partial charge in [-0.25, -0.2) is 19.5 Å². The molecule has 1 aliphatic heterocycles. The highest BCUT2D eigenvalue weighted by molar-refractivity contribution is 7.12. The fourth-order valence-electron chi connectivity index (χ4n) is 3.09. The van der Waals surface area contributed by atoms with E-state index in [9.17, 15) is 39.9 Å². The molecular weight excluding hydrogens is 650 g/mol. The molecule has 0 spiro atoms. The molecule has 11 nitrogen and oxygen atoms in total. The summed E-state index contributed by atoms with van der Waals surface area (Å²) in [7, 11) is 0. The molecule has 0 amide bonds. The minimum Gasteiger partial charge on any atom is -0.490 e. The quantitative estimate of drug-likeness (QED) is 0.200. The first kappa shape index (κ1) is 36.3. The number of nitrogens with two attached hydrogens (primary N) is 1. The zero-order valence-electron chi connectivity index (χ0n) is 22.4. The Balaban J connectivity index is 0.000000421. The Labute approximate surface area is 250 Å². The van der Waals surface area contributed by atoms with Gasteiger partial charge in [-0.2, -0.15) is 40.2 Å². The van der Waals surface area contributed by atoms with Crippen LogP contribution in [-0.2, 0) is 22.6 Å². The number of rotatable bonds is 5. The molecule has 1 aliphatic rings. The van der Waals surface area contributed by atoms with E-state index in [2.05, 4.69) is 27.4 Å². The van der Waals surface area contributed by atoms with Crippen molar-refractivity contribution in [2.75, 3.05) is 25.0 Å². The van der Waals surface area contributed by atoms with Crippen LogP contribution in [0.15, 0.2) is 46.8 Å². The van der Waals surface area contributed by atoms with Gasteiger partial charge in [0, 0.05) is 35.5 Å². The van der Waals surface area contributed by atoms with E-state index in [0.717, 1.165) is 33.3 Å². The second-order valence-corrected chi connectivity index (χ2v) is 9.55. The average Bonchev–Trinajstić information content (AvgIpc) is 3.56. The molecule has 0 saturated carbocycles. The van der Waals surface area contributed by atoms with Crippen LogP contribution < -0.4 is 21.5 Å². The highest BCUT2D eigenvalue weighted by atomic mass is 32.1. The number of aromatic amines is 1. The summed E-state index contributed by atoms with van der Waals surface area (Å²) < 4.78 is 96.2. The van der Waals surface area contributed by atoms with Crippen LogP contribution in [0.1, 0.15) is 21.1 Å². The van der Waals surface area contributed by atoms with Crippen LogP contribution >= 0.6 is 11.3 Å². The van der Waals surface area contributed by atoms with Gasteiger partial charge in [0.05, 0.1) is 17.1 Å². The number of carbonyl (C=O) groups is 2. The predicted molar refractivity (Wildman–Crippen MR) is 142 cm³/mol. The number of aliphatic carboxylic acids is 2. The topological polar surface area (TPSA) is 173 Å². The summed E-state index contributed by atoms with van der Waals surface area (Å²) in [4.78, 5) is 31.6. The van der Waals surface area contributed by atoms with Gasteiger partial charge in [0.15, 0.2) is 0 Å². The van der Waals surface area contributed by atoms with E-state index < -0.39 is 36.1 Å². The summed E-state index contributed by atoms with van der Waals surface area (Å²) in [6.07, 6.45) is -12.2. The number of nitrogens with zero attached hydrogens (tertiary/aromatic N) is 2. The summed E-state index contributed by atoms with van der Waals surface area (Å²) in [5.41, 5.74) is 6.44. The molecule has 0 unspecified atom stereocenters. The minimum absolute atomic E-state index is 0.189. The highest BCUT2D eigenvalue weighted by Crippen LogP contribution is 2.28. The number of alkyl halides is 6. The molecular formula is C25H21F8N5O6S. The van der Waals surface area contributed by atoms with Crippen LogP contribution in [0.25, 0.3) is 0 Å². The molecule has 20 heteroatoms. The van der Waals surface area contributed by atoms with Crippen molar-refractivity contribution in [2.45, 2.75) is 25.3 Å². The lowest BCUT2D eigenvalue weighted by Crippen LogP contribution is -2.21. The van der Waals surface area contributed by atoms with Gasteiger partial charge in [-0.15, -0.1) is 11.3 Å². The van der Waals surface area contributed by atoms with Crippen molar-refractivity contribution in [3.05, 3.63) is 73.6 Å². The van der Waals surface area contributed by atoms with E-state index >= 15 is 0 Å². The first-order valence-electron chi connectivity index (χ1n) is 12.0. The summed E-state index contributed by atoms with van der Waals surface area (Å²) in [5.74, 6) is 1.76. The molecule has 6 N–H and O–H groups in total. The molecule has 0 fully saturated rings. The fraction of sp³-hybridized carbons (Fsp3) is 0.280. The third-order valence-corrected chi connectivity index (χ3v) is 6.15. The Morgan fingerprint density at radius 2 is 1.67 bits per heavy atom. The summed E-state index contributed by atoms with van der Waals surface area (Å²) >= 11 is 1.43. The van der Waals surface area contributed by atoms with Crippen LogP contribution in [0, 0.1) is 11.8 Å². The zero-order chi connectivity index (χ0) is 33.9. The summed E-state index contributed by atoms with van der Waals surface area (Å²) in [5, 5.41) is 23.7. The van der Waals surface area contributed by atoms with Crippen molar-refractivity contribution in [1.82, 2.24) is 14.8 Å². The number of thiophene rings is 1. The van der Waals surface area contributed by atoms with Crippen molar-refractivity contribution in [2.24, 2.45) is 5.73 Å². The number of hydrogen-bond acceptors (Lipinski definition) is 8. The molecule has 2 aromatic heterocycles. The smallest absolute Gasteiger partial charge is 0.490 e. The van der Waals surface area contributed by atoms with Gasteiger partial charge in [0.2, 0.25) is 0 Å². The molecule has 0 aliphatic carbocycles. The average molecular weight is 672 g/mol. The number of anilines is 1. The Morgan fingerprint density at radius 1 is 1.04 bits per heavy atom. The van der Waals surface area contributed by atoms with Gasteiger partial charge in [-0.1, -0.05) is 11.8 Å². The third-order valence-electron chi connectivity index (χ3n) is 5.17. The maximum Gasteiger partial charge on any atom is 0.490 e. The molecule has 3 aromatic rings. The summed E-state index contributed by atoms with van der Waals surface area (Å²) in [6.45, 7) is 1.31. The molecule has 1 aromatic carbocycles. The van der Waals surface area contributed by atoms with Crippen molar-refractivity contribution in [3.63, 3.8) is 0 Å². The van der Waals surface area contributed by atoms with E-state index in [1.165, 1.54) is 15.9 Å². The molecule has 4 rings (SSSR count). The number of benzene rings is 1. The number of H-pyrrole nitrogens is 1. The maximum atomic E-state index is 12.9. The second-order valence-electron chi connectivity index (χ2n) is 8.38. The first-order valence-corrected chi connectivity index (χ1v) is 12.8. The van der Waals surface area contributed by atoms with Crippen molar-refractivity contribution in [3.8, 4) is 17.6 Å². The number of fused-ring (bicyclic) bond motifs is 1. The zero-order valence-corrected chi connectivity index (χ0v) is 23.2. The van der Waals surface area contributed by atoms with Gasteiger partial charge < -0.3 is 26.0 Å². The van der Waals surface area contributed by atoms with Crippen LogP contribution in [0.2, 0.25) is 0 Å². The summed E-state index contributed by atoms with van der Waals surface area (Å²) in [6, 6.07) is 9.46. The SMILES string of the molecule is NCC(Cc1n[nH]c(=O)n1Cc1ccc(C#Cc2ccc3c(c2)NCCO3)s1)=C(F)F.O=C(O)C(F)(F)F.O=C(O)C(F)(F)F.